The number of likely N-dealkylation sites (N-methyl/N-ethyl adjacent to an activating group) is 1. The SMILES string of the molecule is CCNC(=O)C(C)N(Cc1ccccc1)C(=O)CCCN(c1cccc(C)c1)S(C)(=O)=O. The third-order valence-corrected chi connectivity index (χ3v) is 6.35. The van der Waals surface area contributed by atoms with Crippen LogP contribution >= 0.6 is 0 Å². The molecule has 1 N–H and O–H groups in total. The van der Waals surface area contributed by atoms with Gasteiger partial charge in [0.2, 0.25) is 21.8 Å². The molecule has 0 bridgehead atoms. The molecular formula is C24H33N3O4S. The molecular weight excluding hydrogens is 426 g/mol. The summed E-state index contributed by atoms with van der Waals surface area (Å²) in [6, 6.07) is 16.1. The van der Waals surface area contributed by atoms with Gasteiger partial charge in [-0.25, -0.2) is 8.42 Å². The maximum absolute atomic E-state index is 13.1. The first-order chi connectivity index (χ1) is 15.1. The molecule has 0 saturated heterocycles. The van der Waals surface area contributed by atoms with Gasteiger partial charge in [-0.1, -0.05) is 42.5 Å². The van der Waals surface area contributed by atoms with E-state index in [0.29, 0.717) is 25.2 Å². The Kier molecular flexibility index (Phi) is 9.26. The molecule has 0 heterocycles. The van der Waals surface area contributed by atoms with Crippen LogP contribution in [0.5, 0.6) is 0 Å². The first-order valence-electron chi connectivity index (χ1n) is 10.8. The predicted molar refractivity (Wildman–Crippen MR) is 128 cm³/mol. The Morgan fingerprint density at radius 1 is 1.06 bits per heavy atom. The minimum Gasteiger partial charge on any atom is -0.355 e. The summed E-state index contributed by atoms with van der Waals surface area (Å²) in [5.41, 5.74) is 2.46. The molecule has 1 atom stereocenters. The zero-order chi connectivity index (χ0) is 23.7. The molecule has 0 radical (unpaired) electrons. The fraction of sp³-hybridized carbons (Fsp3) is 0.417. The van der Waals surface area contributed by atoms with Crippen molar-refractivity contribution in [3.05, 3.63) is 65.7 Å². The summed E-state index contributed by atoms with van der Waals surface area (Å²) < 4.78 is 26.0. The number of benzene rings is 2. The summed E-state index contributed by atoms with van der Waals surface area (Å²) in [7, 11) is -3.49. The molecule has 0 fully saturated rings. The van der Waals surface area contributed by atoms with Crippen LogP contribution in [0.3, 0.4) is 0 Å². The Hall–Kier alpha value is -2.87. The van der Waals surface area contributed by atoms with Crippen LogP contribution in [0.2, 0.25) is 0 Å². The normalized spacial score (nSPS) is 12.1. The Morgan fingerprint density at radius 2 is 1.75 bits per heavy atom. The lowest BCUT2D eigenvalue weighted by Gasteiger charge is -2.29. The van der Waals surface area contributed by atoms with Crippen molar-refractivity contribution >= 4 is 27.5 Å². The quantitative estimate of drug-likeness (QED) is 0.559. The van der Waals surface area contributed by atoms with E-state index in [1.54, 1.807) is 17.9 Å². The highest BCUT2D eigenvalue weighted by molar-refractivity contribution is 7.92. The number of nitrogens with zero attached hydrogens (tertiary/aromatic N) is 2. The molecule has 2 aromatic carbocycles. The molecule has 174 valence electrons. The van der Waals surface area contributed by atoms with E-state index in [4.69, 9.17) is 0 Å². The zero-order valence-electron chi connectivity index (χ0n) is 19.2. The Labute approximate surface area is 191 Å². The molecule has 2 amide bonds. The number of hydrogen-bond acceptors (Lipinski definition) is 4. The molecule has 0 aliphatic heterocycles. The van der Waals surface area contributed by atoms with Gasteiger partial charge in [0.25, 0.3) is 0 Å². The largest absolute Gasteiger partial charge is 0.355 e. The van der Waals surface area contributed by atoms with Crippen LogP contribution in [-0.4, -0.2) is 50.5 Å². The fourth-order valence-corrected chi connectivity index (χ4v) is 4.43. The molecule has 1 unspecified atom stereocenters. The van der Waals surface area contributed by atoms with Crippen molar-refractivity contribution in [3.63, 3.8) is 0 Å². The third kappa shape index (κ3) is 7.37. The number of aryl methyl sites for hydroxylation is 1. The maximum atomic E-state index is 13.1. The molecule has 32 heavy (non-hydrogen) atoms. The van der Waals surface area contributed by atoms with E-state index in [-0.39, 0.29) is 24.8 Å². The van der Waals surface area contributed by atoms with Gasteiger partial charge >= 0.3 is 0 Å². The van der Waals surface area contributed by atoms with Crippen molar-refractivity contribution < 1.29 is 18.0 Å². The van der Waals surface area contributed by atoms with Gasteiger partial charge < -0.3 is 10.2 Å². The summed E-state index contributed by atoms with van der Waals surface area (Å²) >= 11 is 0. The van der Waals surface area contributed by atoms with E-state index in [1.807, 2.05) is 62.4 Å². The van der Waals surface area contributed by atoms with Crippen LogP contribution in [0.15, 0.2) is 54.6 Å². The number of rotatable bonds is 11. The van der Waals surface area contributed by atoms with Crippen molar-refractivity contribution in [2.75, 3.05) is 23.7 Å². The van der Waals surface area contributed by atoms with Crippen LogP contribution in [0, 0.1) is 6.92 Å². The molecule has 8 heteroatoms. The lowest BCUT2D eigenvalue weighted by molar-refractivity contribution is -0.140. The number of carbonyl (C=O) groups excluding carboxylic acids is 2. The van der Waals surface area contributed by atoms with Crippen molar-refractivity contribution in [3.8, 4) is 0 Å². The number of hydrogen-bond donors (Lipinski definition) is 1. The van der Waals surface area contributed by atoms with E-state index in [2.05, 4.69) is 5.32 Å². The van der Waals surface area contributed by atoms with Gasteiger partial charge in [-0.3, -0.25) is 13.9 Å². The molecule has 0 saturated carbocycles. The van der Waals surface area contributed by atoms with Gasteiger partial charge in [0.15, 0.2) is 0 Å². The third-order valence-electron chi connectivity index (χ3n) is 5.16. The monoisotopic (exact) mass is 459 g/mol. The standard InChI is InChI=1S/C24H33N3O4S/c1-5-25-24(29)20(3)26(18-21-12-7-6-8-13-21)23(28)15-10-16-27(32(4,30)31)22-14-9-11-19(2)17-22/h6-9,11-14,17,20H,5,10,15-16,18H2,1-4H3,(H,25,29). The van der Waals surface area contributed by atoms with Crippen LogP contribution in [0.25, 0.3) is 0 Å². The Bertz CT molecular complexity index is 1010. The highest BCUT2D eigenvalue weighted by atomic mass is 32.2. The summed E-state index contributed by atoms with van der Waals surface area (Å²) in [5, 5.41) is 2.77. The van der Waals surface area contributed by atoms with Gasteiger partial charge in [-0.15, -0.1) is 0 Å². The summed E-state index contributed by atoms with van der Waals surface area (Å²) in [5.74, 6) is -0.403. The molecule has 2 rings (SSSR count). The lowest BCUT2D eigenvalue weighted by Crippen LogP contribution is -2.47. The summed E-state index contributed by atoms with van der Waals surface area (Å²) in [6.45, 7) is 6.42. The predicted octanol–water partition coefficient (Wildman–Crippen LogP) is 3.09. The van der Waals surface area contributed by atoms with Crippen LogP contribution in [-0.2, 0) is 26.2 Å². The zero-order valence-corrected chi connectivity index (χ0v) is 20.1. The summed E-state index contributed by atoms with van der Waals surface area (Å²) in [4.78, 5) is 27.1. The van der Waals surface area contributed by atoms with E-state index in [0.717, 1.165) is 17.4 Å². The van der Waals surface area contributed by atoms with E-state index in [1.165, 1.54) is 4.31 Å². The van der Waals surface area contributed by atoms with Crippen molar-refractivity contribution in [2.24, 2.45) is 0 Å². The Morgan fingerprint density at radius 3 is 2.34 bits per heavy atom. The Balaban J connectivity index is 2.12. The van der Waals surface area contributed by atoms with Crippen LogP contribution < -0.4 is 9.62 Å². The van der Waals surface area contributed by atoms with Gasteiger partial charge in [0, 0.05) is 26.1 Å². The molecule has 2 aromatic rings. The van der Waals surface area contributed by atoms with E-state index >= 15 is 0 Å². The highest BCUT2D eigenvalue weighted by Gasteiger charge is 2.26. The van der Waals surface area contributed by atoms with Gasteiger partial charge in [-0.2, -0.15) is 0 Å². The second-order valence-electron chi connectivity index (χ2n) is 7.86. The topological polar surface area (TPSA) is 86.8 Å². The molecule has 0 aliphatic carbocycles. The van der Waals surface area contributed by atoms with E-state index in [9.17, 15) is 18.0 Å². The first kappa shape index (κ1) is 25.4. The first-order valence-corrected chi connectivity index (χ1v) is 12.6. The number of sulfonamides is 1. The average Bonchev–Trinajstić information content (AvgIpc) is 2.74. The van der Waals surface area contributed by atoms with Gasteiger partial charge in [0.1, 0.15) is 6.04 Å². The fourth-order valence-electron chi connectivity index (χ4n) is 3.47. The maximum Gasteiger partial charge on any atom is 0.242 e. The lowest BCUT2D eigenvalue weighted by atomic mass is 10.1. The minimum absolute atomic E-state index is 0.133. The van der Waals surface area contributed by atoms with Crippen LogP contribution in [0.4, 0.5) is 5.69 Å². The second kappa shape index (κ2) is 11.7. The number of nitrogens with one attached hydrogen (secondary N) is 1. The average molecular weight is 460 g/mol. The molecule has 7 nitrogen and oxygen atoms in total. The van der Waals surface area contributed by atoms with E-state index < -0.39 is 16.1 Å². The summed E-state index contributed by atoms with van der Waals surface area (Å²) in [6.07, 6.45) is 1.64. The molecule has 0 aromatic heterocycles. The minimum atomic E-state index is -3.49. The smallest absolute Gasteiger partial charge is 0.242 e. The molecule has 0 spiro atoms. The van der Waals surface area contributed by atoms with Crippen molar-refractivity contribution in [1.82, 2.24) is 10.2 Å². The van der Waals surface area contributed by atoms with Gasteiger partial charge in [-0.05, 0) is 50.5 Å². The van der Waals surface area contributed by atoms with Crippen molar-refractivity contribution in [2.45, 2.75) is 46.2 Å². The van der Waals surface area contributed by atoms with Crippen molar-refractivity contribution in [1.29, 1.82) is 0 Å². The number of amides is 2. The second-order valence-corrected chi connectivity index (χ2v) is 9.76. The highest BCUT2D eigenvalue weighted by Crippen LogP contribution is 2.20. The van der Waals surface area contributed by atoms with Gasteiger partial charge in [0.05, 0.1) is 11.9 Å². The van der Waals surface area contributed by atoms with Crippen LogP contribution in [0.1, 0.15) is 37.8 Å². The number of anilines is 1. The number of carbonyl (C=O) groups is 2. The molecule has 0 aliphatic rings.